The number of hydrogen-bond acceptors (Lipinski definition) is 5. The fraction of sp³-hybridized carbons (Fsp3) is 0.429. The molecule has 2 N–H and O–H groups in total. The number of ether oxygens (including phenoxy) is 1. The molecule has 144 valence electrons. The molecular weight excluding hydrogens is 340 g/mol. The average molecular weight is 368 g/mol. The van der Waals surface area contributed by atoms with Crippen molar-refractivity contribution in [2.45, 2.75) is 12.8 Å². The van der Waals surface area contributed by atoms with Crippen LogP contribution in [0.4, 0.5) is 5.82 Å². The third-order valence-corrected chi connectivity index (χ3v) is 4.63. The Hall–Kier alpha value is -2.44. The van der Waals surface area contributed by atoms with Crippen molar-refractivity contribution in [2.24, 2.45) is 0 Å². The molecule has 1 fully saturated rings. The van der Waals surface area contributed by atoms with E-state index in [1.54, 1.807) is 12.3 Å². The number of nitrogens with zero attached hydrogens (tertiary/aromatic N) is 2. The molecule has 1 aromatic heterocycles. The molecule has 1 saturated heterocycles. The van der Waals surface area contributed by atoms with Crippen LogP contribution in [0.1, 0.15) is 22.3 Å². The lowest BCUT2D eigenvalue weighted by Gasteiger charge is -2.26. The largest absolute Gasteiger partial charge is 0.379 e. The van der Waals surface area contributed by atoms with E-state index in [-0.39, 0.29) is 5.91 Å². The van der Waals surface area contributed by atoms with Crippen LogP contribution in [0, 0.1) is 0 Å². The lowest BCUT2D eigenvalue weighted by atomic mass is 10.1. The Labute approximate surface area is 160 Å². The van der Waals surface area contributed by atoms with Crippen molar-refractivity contribution >= 4 is 11.7 Å². The van der Waals surface area contributed by atoms with Crippen LogP contribution in [0.3, 0.4) is 0 Å². The van der Waals surface area contributed by atoms with Crippen molar-refractivity contribution in [1.29, 1.82) is 0 Å². The van der Waals surface area contributed by atoms with Gasteiger partial charge in [0.05, 0.1) is 13.2 Å². The maximum atomic E-state index is 12.3. The number of benzene rings is 1. The van der Waals surface area contributed by atoms with E-state index in [1.165, 1.54) is 5.56 Å². The molecule has 0 unspecified atom stereocenters. The van der Waals surface area contributed by atoms with Gasteiger partial charge in [0.2, 0.25) is 0 Å². The number of carbonyl (C=O) groups is 1. The summed E-state index contributed by atoms with van der Waals surface area (Å²) in [4.78, 5) is 19.0. The van der Waals surface area contributed by atoms with Gasteiger partial charge >= 0.3 is 0 Å². The summed E-state index contributed by atoms with van der Waals surface area (Å²) in [6.45, 7) is 5.73. The van der Waals surface area contributed by atoms with Gasteiger partial charge in [-0.25, -0.2) is 4.98 Å². The summed E-state index contributed by atoms with van der Waals surface area (Å²) < 4.78 is 5.33. The zero-order chi connectivity index (χ0) is 18.7. The first-order valence-corrected chi connectivity index (χ1v) is 9.63. The maximum Gasteiger partial charge on any atom is 0.251 e. The van der Waals surface area contributed by atoms with Crippen LogP contribution in [-0.2, 0) is 11.2 Å². The molecule has 6 nitrogen and oxygen atoms in total. The summed E-state index contributed by atoms with van der Waals surface area (Å²) in [5.74, 6) is 0.682. The van der Waals surface area contributed by atoms with E-state index in [1.807, 2.05) is 12.1 Å². The molecule has 0 atom stereocenters. The molecular formula is C21H28N4O2. The average Bonchev–Trinajstić information content (AvgIpc) is 2.73. The van der Waals surface area contributed by atoms with Crippen molar-refractivity contribution in [3.8, 4) is 0 Å². The van der Waals surface area contributed by atoms with Crippen molar-refractivity contribution in [3.05, 3.63) is 59.8 Å². The number of carbonyl (C=O) groups excluding carboxylic acids is 1. The molecule has 2 aromatic rings. The van der Waals surface area contributed by atoms with Gasteiger partial charge in [-0.2, -0.15) is 0 Å². The quantitative estimate of drug-likeness (QED) is 0.664. The lowest BCUT2D eigenvalue weighted by molar-refractivity contribution is 0.0383. The highest BCUT2D eigenvalue weighted by Crippen LogP contribution is 2.08. The van der Waals surface area contributed by atoms with E-state index in [0.717, 1.165) is 58.1 Å². The smallest absolute Gasteiger partial charge is 0.251 e. The van der Waals surface area contributed by atoms with Crippen molar-refractivity contribution in [2.75, 3.05) is 51.3 Å². The van der Waals surface area contributed by atoms with Crippen LogP contribution < -0.4 is 10.6 Å². The van der Waals surface area contributed by atoms with Crippen LogP contribution >= 0.6 is 0 Å². The molecule has 0 spiro atoms. The minimum absolute atomic E-state index is 0.0574. The first-order valence-electron chi connectivity index (χ1n) is 9.63. The Balaban J connectivity index is 1.38. The van der Waals surface area contributed by atoms with E-state index in [0.29, 0.717) is 12.1 Å². The van der Waals surface area contributed by atoms with Gasteiger partial charge in [-0.05, 0) is 30.5 Å². The van der Waals surface area contributed by atoms with Crippen molar-refractivity contribution in [3.63, 3.8) is 0 Å². The van der Waals surface area contributed by atoms with Gasteiger partial charge in [-0.3, -0.25) is 9.69 Å². The van der Waals surface area contributed by atoms with Crippen LogP contribution in [0.25, 0.3) is 0 Å². The van der Waals surface area contributed by atoms with Gasteiger partial charge in [0.15, 0.2) is 0 Å². The SMILES string of the molecule is O=C(NCCN1CCOCC1)c1ccnc(NCCCc2ccccc2)c1. The number of pyridine rings is 1. The summed E-state index contributed by atoms with van der Waals surface area (Å²) >= 11 is 0. The van der Waals surface area contributed by atoms with Gasteiger partial charge in [-0.15, -0.1) is 0 Å². The molecule has 1 aliphatic heterocycles. The van der Waals surface area contributed by atoms with E-state index in [4.69, 9.17) is 4.74 Å². The molecule has 0 aliphatic carbocycles. The summed E-state index contributed by atoms with van der Waals surface area (Å²) in [6.07, 6.45) is 3.72. The zero-order valence-corrected chi connectivity index (χ0v) is 15.7. The minimum Gasteiger partial charge on any atom is -0.379 e. The molecule has 1 amide bonds. The molecule has 1 aliphatic rings. The third kappa shape index (κ3) is 6.66. The molecule has 1 aromatic carbocycles. The van der Waals surface area contributed by atoms with Crippen LogP contribution in [-0.4, -0.2) is 61.7 Å². The number of anilines is 1. The number of morpholine rings is 1. The predicted octanol–water partition coefficient (Wildman–Crippen LogP) is 2.19. The summed E-state index contributed by atoms with van der Waals surface area (Å²) in [6, 6.07) is 14.0. The second-order valence-corrected chi connectivity index (χ2v) is 6.66. The second-order valence-electron chi connectivity index (χ2n) is 6.66. The molecule has 27 heavy (non-hydrogen) atoms. The Morgan fingerprint density at radius 1 is 1.11 bits per heavy atom. The van der Waals surface area contributed by atoms with E-state index in [2.05, 4.69) is 44.8 Å². The van der Waals surface area contributed by atoms with E-state index < -0.39 is 0 Å². The minimum atomic E-state index is -0.0574. The van der Waals surface area contributed by atoms with Crippen LogP contribution in [0.2, 0.25) is 0 Å². The Morgan fingerprint density at radius 2 is 1.93 bits per heavy atom. The van der Waals surface area contributed by atoms with Crippen molar-refractivity contribution < 1.29 is 9.53 Å². The number of hydrogen-bond donors (Lipinski definition) is 2. The first kappa shape index (κ1) is 19.3. The monoisotopic (exact) mass is 368 g/mol. The molecule has 2 heterocycles. The molecule has 3 rings (SSSR count). The zero-order valence-electron chi connectivity index (χ0n) is 15.7. The van der Waals surface area contributed by atoms with E-state index >= 15 is 0 Å². The van der Waals surface area contributed by atoms with Crippen LogP contribution in [0.15, 0.2) is 48.7 Å². The summed E-state index contributed by atoms with van der Waals surface area (Å²) in [5, 5.41) is 6.29. The molecule has 6 heteroatoms. The molecule has 0 radical (unpaired) electrons. The predicted molar refractivity (Wildman–Crippen MR) is 107 cm³/mol. The van der Waals surface area contributed by atoms with Gasteiger partial charge in [0, 0.05) is 44.5 Å². The van der Waals surface area contributed by atoms with E-state index in [9.17, 15) is 4.79 Å². The highest BCUT2D eigenvalue weighted by Gasteiger charge is 2.11. The lowest BCUT2D eigenvalue weighted by Crippen LogP contribution is -2.41. The number of aryl methyl sites for hydroxylation is 1. The normalized spacial score (nSPS) is 14.7. The van der Waals surface area contributed by atoms with Gasteiger partial charge in [0.25, 0.3) is 5.91 Å². The summed E-state index contributed by atoms with van der Waals surface area (Å²) in [5.41, 5.74) is 1.97. The standard InChI is InChI=1S/C21H28N4O2/c26-21(24-11-12-25-13-15-27-16-14-25)19-8-10-23-20(17-19)22-9-4-7-18-5-2-1-3-6-18/h1-3,5-6,8,10,17H,4,7,9,11-16H2,(H,22,23)(H,24,26). The Bertz CT molecular complexity index is 702. The Morgan fingerprint density at radius 3 is 2.74 bits per heavy atom. The van der Waals surface area contributed by atoms with Gasteiger partial charge in [-0.1, -0.05) is 30.3 Å². The topological polar surface area (TPSA) is 66.5 Å². The molecule has 0 bridgehead atoms. The van der Waals surface area contributed by atoms with Gasteiger partial charge in [0.1, 0.15) is 5.82 Å². The molecule has 0 saturated carbocycles. The third-order valence-electron chi connectivity index (χ3n) is 4.63. The fourth-order valence-corrected chi connectivity index (χ4v) is 3.08. The first-order chi connectivity index (χ1) is 13.3. The number of nitrogens with one attached hydrogen (secondary N) is 2. The maximum absolute atomic E-state index is 12.3. The van der Waals surface area contributed by atoms with Crippen molar-refractivity contribution in [1.82, 2.24) is 15.2 Å². The van der Waals surface area contributed by atoms with Crippen LogP contribution in [0.5, 0.6) is 0 Å². The Kier molecular flexibility index (Phi) is 7.62. The highest BCUT2D eigenvalue weighted by atomic mass is 16.5. The second kappa shape index (κ2) is 10.6. The van der Waals surface area contributed by atoms with Gasteiger partial charge < -0.3 is 15.4 Å². The summed E-state index contributed by atoms with van der Waals surface area (Å²) in [7, 11) is 0. The number of amides is 1. The fourth-order valence-electron chi connectivity index (χ4n) is 3.08. The number of aromatic nitrogens is 1. The highest BCUT2D eigenvalue weighted by molar-refractivity contribution is 5.94. The number of rotatable bonds is 9.